The third-order valence-corrected chi connectivity index (χ3v) is 3.04. The van der Waals surface area contributed by atoms with Crippen molar-refractivity contribution < 1.29 is 9.90 Å². The van der Waals surface area contributed by atoms with E-state index in [4.69, 9.17) is 0 Å². The van der Waals surface area contributed by atoms with E-state index in [1.807, 2.05) is 38.1 Å². The molecule has 0 fully saturated rings. The van der Waals surface area contributed by atoms with Gasteiger partial charge in [-0.2, -0.15) is 0 Å². The first kappa shape index (κ1) is 13.9. The summed E-state index contributed by atoms with van der Waals surface area (Å²) >= 11 is 0. The molecule has 2 rings (SSSR count). The highest BCUT2D eigenvalue weighted by atomic mass is 16.3. The topological polar surface area (TPSA) is 52.6 Å². The monoisotopic (exact) mass is 270 g/mol. The number of aryl methyl sites for hydroxylation is 1. The molecule has 0 aromatic heterocycles. The number of phenols is 1. The van der Waals surface area contributed by atoms with Crippen molar-refractivity contribution in [2.45, 2.75) is 6.92 Å². The fraction of sp³-hybridized carbons (Fsp3) is 0.188. The van der Waals surface area contributed by atoms with E-state index < -0.39 is 0 Å². The van der Waals surface area contributed by atoms with Crippen LogP contribution in [0.4, 0.5) is 11.4 Å². The number of benzene rings is 2. The Bertz CT molecular complexity index is 636. The van der Waals surface area contributed by atoms with E-state index in [-0.39, 0.29) is 11.7 Å². The van der Waals surface area contributed by atoms with Crippen molar-refractivity contribution in [3.8, 4) is 5.75 Å². The lowest BCUT2D eigenvalue weighted by Crippen LogP contribution is -2.14. The predicted molar refractivity (Wildman–Crippen MR) is 81.6 cm³/mol. The third-order valence-electron chi connectivity index (χ3n) is 3.04. The summed E-state index contributed by atoms with van der Waals surface area (Å²) in [4.78, 5) is 14.2. The molecule has 0 heterocycles. The van der Waals surface area contributed by atoms with Gasteiger partial charge in [-0.25, -0.2) is 0 Å². The molecule has 2 aromatic rings. The Morgan fingerprint density at radius 2 is 1.90 bits per heavy atom. The number of phenolic OH excluding ortho intramolecular Hbond substituents is 1. The summed E-state index contributed by atoms with van der Waals surface area (Å²) in [5.74, 6) is -0.0639. The quantitative estimate of drug-likeness (QED) is 0.901. The molecule has 0 radical (unpaired) electrons. The summed E-state index contributed by atoms with van der Waals surface area (Å²) in [6, 6.07) is 12.1. The lowest BCUT2D eigenvalue weighted by Gasteiger charge is -2.16. The first-order valence-electron chi connectivity index (χ1n) is 6.36. The molecule has 0 bridgehead atoms. The van der Waals surface area contributed by atoms with Crippen molar-refractivity contribution in [1.29, 1.82) is 0 Å². The van der Waals surface area contributed by atoms with Gasteiger partial charge in [-0.1, -0.05) is 6.07 Å². The number of aromatic hydroxyl groups is 1. The summed E-state index contributed by atoms with van der Waals surface area (Å²) in [5, 5.41) is 12.1. The number of carbonyl (C=O) groups is 1. The second-order valence-electron chi connectivity index (χ2n) is 4.90. The van der Waals surface area contributed by atoms with Crippen molar-refractivity contribution in [1.82, 2.24) is 0 Å². The zero-order chi connectivity index (χ0) is 14.7. The second-order valence-corrected chi connectivity index (χ2v) is 4.90. The highest BCUT2D eigenvalue weighted by molar-refractivity contribution is 6.04. The van der Waals surface area contributed by atoms with Gasteiger partial charge in [-0.05, 0) is 42.8 Å². The summed E-state index contributed by atoms with van der Waals surface area (Å²) in [6.07, 6.45) is 0. The molecule has 0 aliphatic heterocycles. The maximum atomic E-state index is 12.2. The number of amides is 1. The Hall–Kier alpha value is -2.49. The molecule has 0 spiro atoms. The van der Waals surface area contributed by atoms with Crippen LogP contribution in [0.15, 0.2) is 42.5 Å². The van der Waals surface area contributed by atoms with Gasteiger partial charge in [0.2, 0.25) is 0 Å². The summed E-state index contributed by atoms with van der Waals surface area (Å²) in [5.41, 5.74) is 3.29. The van der Waals surface area contributed by atoms with Crippen LogP contribution in [0, 0.1) is 6.92 Å². The fourth-order valence-electron chi connectivity index (χ4n) is 2.09. The third kappa shape index (κ3) is 3.09. The van der Waals surface area contributed by atoms with E-state index in [9.17, 15) is 9.90 Å². The molecule has 0 aliphatic carbocycles. The number of anilines is 2. The second kappa shape index (κ2) is 5.65. The van der Waals surface area contributed by atoms with Gasteiger partial charge < -0.3 is 15.3 Å². The van der Waals surface area contributed by atoms with E-state index in [1.54, 1.807) is 24.3 Å². The Labute approximate surface area is 118 Å². The lowest BCUT2D eigenvalue weighted by molar-refractivity contribution is 0.102. The molecule has 0 unspecified atom stereocenters. The molecule has 0 saturated carbocycles. The molecule has 0 atom stereocenters. The molecule has 0 aliphatic rings. The summed E-state index contributed by atoms with van der Waals surface area (Å²) in [6.45, 7) is 1.97. The Balaban J connectivity index is 2.19. The molecule has 104 valence electrons. The average molecular weight is 270 g/mol. The Morgan fingerprint density at radius 1 is 1.15 bits per heavy atom. The van der Waals surface area contributed by atoms with Gasteiger partial charge in [-0.15, -0.1) is 0 Å². The number of rotatable bonds is 3. The molecule has 4 nitrogen and oxygen atoms in total. The van der Waals surface area contributed by atoms with Gasteiger partial charge in [0.1, 0.15) is 5.75 Å². The van der Waals surface area contributed by atoms with Gasteiger partial charge in [0.05, 0.1) is 0 Å². The van der Waals surface area contributed by atoms with E-state index in [0.717, 1.165) is 11.3 Å². The van der Waals surface area contributed by atoms with E-state index in [0.29, 0.717) is 11.3 Å². The minimum atomic E-state index is -0.191. The van der Waals surface area contributed by atoms with Gasteiger partial charge in [0.25, 0.3) is 5.91 Å². The van der Waals surface area contributed by atoms with Crippen molar-refractivity contribution in [2.24, 2.45) is 0 Å². The van der Waals surface area contributed by atoms with Crippen molar-refractivity contribution >= 4 is 17.3 Å². The zero-order valence-electron chi connectivity index (χ0n) is 11.8. The minimum absolute atomic E-state index is 0.127. The molecule has 1 amide bonds. The number of nitrogens with one attached hydrogen (secondary N) is 1. The first-order valence-corrected chi connectivity index (χ1v) is 6.36. The van der Waals surface area contributed by atoms with Crippen LogP contribution in [-0.2, 0) is 0 Å². The first-order chi connectivity index (χ1) is 9.47. The normalized spacial score (nSPS) is 10.2. The fourth-order valence-corrected chi connectivity index (χ4v) is 2.09. The van der Waals surface area contributed by atoms with Gasteiger partial charge >= 0.3 is 0 Å². The van der Waals surface area contributed by atoms with E-state index >= 15 is 0 Å². The Kier molecular flexibility index (Phi) is 3.94. The largest absolute Gasteiger partial charge is 0.508 e. The smallest absolute Gasteiger partial charge is 0.255 e. The maximum absolute atomic E-state index is 12.2. The van der Waals surface area contributed by atoms with Crippen LogP contribution in [0.25, 0.3) is 0 Å². The lowest BCUT2D eigenvalue weighted by atomic mass is 10.1. The van der Waals surface area contributed by atoms with Crippen LogP contribution in [0.2, 0.25) is 0 Å². The summed E-state index contributed by atoms with van der Waals surface area (Å²) in [7, 11) is 3.93. The summed E-state index contributed by atoms with van der Waals surface area (Å²) < 4.78 is 0. The molecule has 0 saturated heterocycles. The van der Waals surface area contributed by atoms with Gasteiger partial charge in [-0.3, -0.25) is 4.79 Å². The van der Waals surface area contributed by atoms with Crippen molar-refractivity contribution in [3.05, 3.63) is 53.6 Å². The SMILES string of the molecule is Cc1cc(C(=O)Nc2cccc(O)c2)ccc1N(C)C. The van der Waals surface area contributed by atoms with Crippen LogP contribution in [0.5, 0.6) is 5.75 Å². The predicted octanol–water partition coefficient (Wildman–Crippen LogP) is 3.02. The maximum Gasteiger partial charge on any atom is 0.255 e. The number of hydrogen-bond acceptors (Lipinski definition) is 3. The van der Waals surface area contributed by atoms with Crippen LogP contribution in [0.3, 0.4) is 0 Å². The number of nitrogens with zero attached hydrogens (tertiary/aromatic N) is 1. The number of hydrogen-bond donors (Lipinski definition) is 2. The molecule has 2 N–H and O–H groups in total. The van der Waals surface area contributed by atoms with Crippen molar-refractivity contribution in [3.63, 3.8) is 0 Å². The molecule has 2 aromatic carbocycles. The zero-order valence-corrected chi connectivity index (χ0v) is 11.8. The standard InChI is InChI=1S/C16H18N2O2/c1-11-9-12(7-8-15(11)18(2)3)16(20)17-13-5-4-6-14(19)10-13/h4-10,19H,1-3H3,(H,17,20). The van der Waals surface area contributed by atoms with Crippen LogP contribution in [-0.4, -0.2) is 25.1 Å². The van der Waals surface area contributed by atoms with Crippen LogP contribution < -0.4 is 10.2 Å². The van der Waals surface area contributed by atoms with Gasteiger partial charge in [0, 0.05) is 37.1 Å². The van der Waals surface area contributed by atoms with Gasteiger partial charge in [0.15, 0.2) is 0 Å². The molecular weight excluding hydrogens is 252 g/mol. The van der Waals surface area contributed by atoms with Crippen LogP contribution >= 0.6 is 0 Å². The molecule has 4 heteroatoms. The highest BCUT2D eigenvalue weighted by Gasteiger charge is 2.09. The van der Waals surface area contributed by atoms with E-state index in [1.165, 1.54) is 6.07 Å². The molecular formula is C16H18N2O2. The van der Waals surface area contributed by atoms with Crippen LogP contribution in [0.1, 0.15) is 15.9 Å². The molecule has 20 heavy (non-hydrogen) atoms. The van der Waals surface area contributed by atoms with E-state index in [2.05, 4.69) is 5.32 Å². The highest BCUT2D eigenvalue weighted by Crippen LogP contribution is 2.21. The Morgan fingerprint density at radius 3 is 2.50 bits per heavy atom. The average Bonchev–Trinajstić information content (AvgIpc) is 2.38. The van der Waals surface area contributed by atoms with Crippen molar-refractivity contribution in [2.75, 3.05) is 24.3 Å². The minimum Gasteiger partial charge on any atom is -0.508 e. The number of carbonyl (C=O) groups excluding carboxylic acids is 1.